The number of anilines is 6. The van der Waals surface area contributed by atoms with Crippen molar-refractivity contribution < 1.29 is 37.2 Å². The first-order valence-electron chi connectivity index (χ1n) is 33.8. The van der Waals surface area contributed by atoms with Crippen molar-refractivity contribution in [3.8, 4) is 56.4 Å². The van der Waals surface area contributed by atoms with Crippen LogP contribution in [0.15, 0.2) is 279 Å². The first-order valence-corrected chi connectivity index (χ1v) is 33.8. The Labute approximate surface area is 571 Å². The normalized spacial score (nSPS) is 17.2. The van der Waals surface area contributed by atoms with E-state index in [4.69, 9.17) is 28.4 Å². The van der Waals surface area contributed by atoms with Gasteiger partial charge in [-0.2, -0.15) is 0 Å². The van der Waals surface area contributed by atoms with Crippen LogP contribution in [-0.4, -0.2) is 53.9 Å². The van der Waals surface area contributed by atoms with Gasteiger partial charge in [0.2, 0.25) is 0 Å². The summed E-state index contributed by atoms with van der Waals surface area (Å²) in [5.74, 6) is 2.53. The summed E-state index contributed by atoms with van der Waals surface area (Å²) in [6.45, 7) is 8.43. The predicted molar refractivity (Wildman–Crippen MR) is 387 cm³/mol. The van der Waals surface area contributed by atoms with Gasteiger partial charge in [-0.1, -0.05) is 147 Å². The lowest BCUT2D eigenvalue weighted by Gasteiger charge is -2.40. The zero-order valence-corrected chi connectivity index (χ0v) is 55.3. The molecule has 2 unspecified atom stereocenters. The highest BCUT2D eigenvalue weighted by Gasteiger charge is 2.49. The van der Waals surface area contributed by atoms with Gasteiger partial charge in [-0.25, -0.2) is 8.78 Å². The minimum absolute atomic E-state index is 0.0354. The van der Waals surface area contributed by atoms with Crippen molar-refractivity contribution in [2.45, 2.75) is 37.5 Å². The number of nitrogens with zero attached hydrogens (tertiary/aromatic N) is 2. The molecule has 0 radical (unpaired) electrons. The molecule has 2 saturated heterocycles. The highest BCUT2D eigenvalue weighted by molar-refractivity contribution is 5.92. The molecule has 0 aromatic heterocycles. The van der Waals surface area contributed by atoms with E-state index in [1.54, 1.807) is 14.2 Å². The van der Waals surface area contributed by atoms with E-state index in [9.17, 15) is 0 Å². The molecule has 8 nitrogen and oxygen atoms in total. The third kappa shape index (κ3) is 10.6. The summed E-state index contributed by atoms with van der Waals surface area (Å²) in [5.41, 5.74) is 19.3. The number of rotatable bonds is 21. The third-order valence-corrected chi connectivity index (χ3v) is 21.2. The van der Waals surface area contributed by atoms with E-state index in [1.165, 1.54) is 35.4 Å². The smallest absolute Gasteiger partial charge is 0.123 e. The Balaban J connectivity index is 0.761. The molecule has 0 spiro atoms. The van der Waals surface area contributed by atoms with Crippen molar-refractivity contribution in [2.75, 3.05) is 63.7 Å². The van der Waals surface area contributed by atoms with Gasteiger partial charge >= 0.3 is 0 Å². The van der Waals surface area contributed by atoms with E-state index >= 15 is 8.78 Å². The van der Waals surface area contributed by atoms with E-state index < -0.39 is 10.8 Å². The Morgan fingerprint density at radius 3 is 0.929 bits per heavy atom. The first-order chi connectivity index (χ1) is 48.1. The summed E-state index contributed by atoms with van der Waals surface area (Å²) in [6.07, 6.45) is 1.98. The van der Waals surface area contributed by atoms with E-state index in [2.05, 4.69) is 230 Å². The monoisotopic (exact) mass is 1290 g/mol. The van der Waals surface area contributed by atoms with E-state index in [-0.39, 0.29) is 22.5 Å². The van der Waals surface area contributed by atoms with Crippen LogP contribution < -0.4 is 28.7 Å². The molecule has 4 aliphatic rings. The molecule has 2 atom stereocenters. The summed E-state index contributed by atoms with van der Waals surface area (Å²) < 4.78 is 65.8. The molecule has 2 aliphatic heterocycles. The molecule has 12 aromatic carbocycles. The summed E-state index contributed by atoms with van der Waals surface area (Å²) >= 11 is 0. The molecule has 2 fully saturated rings. The third-order valence-electron chi connectivity index (χ3n) is 21.2. The Morgan fingerprint density at radius 1 is 0.327 bits per heavy atom. The maximum atomic E-state index is 15.0. The molecule has 0 saturated carbocycles. The van der Waals surface area contributed by atoms with Gasteiger partial charge in [0, 0.05) is 34.1 Å². The van der Waals surface area contributed by atoms with Gasteiger partial charge in [-0.05, 0) is 236 Å². The number of halogens is 2. The largest absolute Gasteiger partial charge is 0.497 e. The summed E-state index contributed by atoms with van der Waals surface area (Å²) in [4.78, 5) is 4.41. The van der Waals surface area contributed by atoms with Gasteiger partial charge < -0.3 is 38.2 Å². The fourth-order valence-corrected chi connectivity index (χ4v) is 15.4. The second kappa shape index (κ2) is 25.3. The molecule has 98 heavy (non-hydrogen) atoms. The zero-order valence-electron chi connectivity index (χ0n) is 55.3. The van der Waals surface area contributed by atoms with Gasteiger partial charge in [-0.3, -0.25) is 0 Å². The molecule has 2 aliphatic carbocycles. The summed E-state index contributed by atoms with van der Waals surface area (Å²) in [5, 5.41) is 0. The van der Waals surface area contributed by atoms with Crippen molar-refractivity contribution >= 4 is 34.1 Å². The minimum Gasteiger partial charge on any atom is -0.497 e. The molecule has 2 heterocycles. The summed E-state index contributed by atoms with van der Waals surface area (Å²) in [7, 11) is 3.39. The summed E-state index contributed by atoms with van der Waals surface area (Å²) in [6, 6.07) is 95.6. The zero-order chi connectivity index (χ0) is 66.6. The van der Waals surface area contributed by atoms with Crippen LogP contribution in [0.25, 0.3) is 33.4 Å². The Bertz CT molecular complexity index is 4540. The van der Waals surface area contributed by atoms with E-state index in [1.807, 2.05) is 48.5 Å². The standard InChI is InChI=1S/C88H74F2N2O6/c1-5-85(53-95-54-85)57-97-75-45-23-63(24-46-75)87(61-19-41-73(93-3)42-20-61)81-13-9-7-11-77(81)79-49-39-71(51-83(79)87)91(69-35-27-65(89)28-36-69)67-31-15-59(16-32-67)60-17-33-68(34-18-60)92(70-37-29-66(90)30-38-70)72-40-50-80-78-12-8-10-14-82(78)88(84(80)52-72,62-21-43-74(94-4)44-22-62)64-25-47-76(48-26-64)98-58-86(6-2)55-96-56-86/h7-52H,5-6,53-58H2,1-4H3. The average molecular weight is 1290 g/mol. The molecule has 0 N–H and O–H groups in total. The second-order valence-corrected chi connectivity index (χ2v) is 26.5. The van der Waals surface area contributed by atoms with Crippen LogP contribution in [0.2, 0.25) is 0 Å². The van der Waals surface area contributed by atoms with Crippen LogP contribution in [0, 0.1) is 22.5 Å². The molecule has 16 rings (SSSR count). The lowest BCUT2D eigenvalue weighted by molar-refractivity contribution is -0.133. The van der Waals surface area contributed by atoms with Crippen LogP contribution in [0.5, 0.6) is 23.0 Å². The number of benzene rings is 12. The van der Waals surface area contributed by atoms with Gasteiger partial charge in [0.15, 0.2) is 0 Å². The highest BCUT2D eigenvalue weighted by atomic mass is 19.1. The Kier molecular flexibility index (Phi) is 16.0. The van der Waals surface area contributed by atoms with Gasteiger partial charge in [0.05, 0.1) is 75.5 Å². The van der Waals surface area contributed by atoms with Crippen LogP contribution in [0.1, 0.15) is 71.2 Å². The van der Waals surface area contributed by atoms with Crippen molar-refractivity contribution in [3.05, 3.63) is 335 Å². The molecule has 0 bridgehead atoms. The minimum atomic E-state index is -0.753. The molecule has 10 heteroatoms. The lowest BCUT2D eigenvalue weighted by atomic mass is 9.67. The highest BCUT2D eigenvalue weighted by Crippen LogP contribution is 2.60. The fraction of sp³-hybridized carbons (Fsp3) is 0.182. The van der Waals surface area contributed by atoms with E-state index in [0.717, 1.165) is 137 Å². The lowest BCUT2D eigenvalue weighted by Crippen LogP contribution is -2.46. The molecule has 486 valence electrons. The van der Waals surface area contributed by atoms with Crippen molar-refractivity contribution in [1.29, 1.82) is 0 Å². The van der Waals surface area contributed by atoms with Gasteiger partial charge in [0.1, 0.15) is 34.6 Å². The number of methoxy groups -OCH3 is 2. The fourth-order valence-electron chi connectivity index (χ4n) is 15.4. The quantitative estimate of drug-likeness (QED) is 0.0705. The van der Waals surface area contributed by atoms with E-state index in [0.29, 0.717) is 39.6 Å². The number of fused-ring (bicyclic) bond motifs is 6. The van der Waals surface area contributed by atoms with Gasteiger partial charge in [-0.15, -0.1) is 0 Å². The second-order valence-electron chi connectivity index (χ2n) is 26.5. The van der Waals surface area contributed by atoms with Crippen LogP contribution in [-0.2, 0) is 20.3 Å². The number of hydrogen-bond donors (Lipinski definition) is 0. The van der Waals surface area contributed by atoms with Crippen molar-refractivity contribution in [1.82, 2.24) is 0 Å². The topological polar surface area (TPSA) is 61.9 Å². The Hall–Kier alpha value is -10.8. The van der Waals surface area contributed by atoms with Gasteiger partial charge in [0.25, 0.3) is 0 Å². The predicted octanol–water partition coefficient (Wildman–Crippen LogP) is 20.9. The number of ether oxygens (including phenoxy) is 6. The van der Waals surface area contributed by atoms with Crippen LogP contribution in [0.3, 0.4) is 0 Å². The van der Waals surface area contributed by atoms with Crippen molar-refractivity contribution in [2.24, 2.45) is 10.8 Å². The molecular formula is C88H74F2N2O6. The molecular weight excluding hydrogens is 1220 g/mol. The average Bonchev–Trinajstić information content (AvgIpc) is 1.51. The maximum absolute atomic E-state index is 15.0. The SMILES string of the molecule is CCC1(COc2ccc(C3(c4ccc(OC)cc4)c4ccccc4-c4ccc(N(c5ccc(F)cc5)c5ccc(-c6ccc(N(c7ccc(F)cc7)c7ccc8c(c7)C(c7ccc(OC)cc7)(c7ccc(OCC9(CC)COC9)cc7)c7ccccc7-8)cc6)cc5)cc43)cc2)COC1. The van der Waals surface area contributed by atoms with Crippen molar-refractivity contribution in [3.63, 3.8) is 0 Å². The Morgan fingerprint density at radius 2 is 0.622 bits per heavy atom. The first kappa shape index (κ1) is 62.1. The van der Waals surface area contributed by atoms with Crippen LogP contribution >= 0.6 is 0 Å². The molecule has 12 aromatic rings. The van der Waals surface area contributed by atoms with Crippen LogP contribution in [0.4, 0.5) is 42.9 Å². The molecule has 0 amide bonds. The maximum Gasteiger partial charge on any atom is 0.123 e. The number of hydrogen-bond acceptors (Lipinski definition) is 8.